The van der Waals surface area contributed by atoms with Crippen molar-refractivity contribution in [2.75, 3.05) is 25.0 Å². The number of hydrogen-bond acceptors (Lipinski definition) is 9. The lowest BCUT2D eigenvalue weighted by Gasteiger charge is -2.47. The van der Waals surface area contributed by atoms with Crippen LogP contribution in [0.3, 0.4) is 0 Å². The molecule has 2 aromatic heterocycles. The summed E-state index contributed by atoms with van der Waals surface area (Å²) in [6, 6.07) is 2.08. The van der Waals surface area contributed by atoms with Crippen LogP contribution in [0.1, 0.15) is 63.4 Å². The standard InChI is InChI=1S/C30H36FN9O2/c1-18-4-6-25(37-36-18)34-26-14-19(2)33-28(35-26)21-8-10-30(11-9-21)29(41)38(12-13-42-30)20(3)23-5-7-27(39-17-24(23)39)40-16-22(31)15-32-40/h5-7,14-16,20-21,24,37H,4,8-13,17H2,1-3H3,(H,33,34,35). The second kappa shape index (κ2) is 10.3. The van der Waals surface area contributed by atoms with Gasteiger partial charge >= 0.3 is 0 Å². The number of carbonyl (C=O) groups excluding carboxylic acids is 1. The molecule has 2 aromatic rings. The number of anilines is 1. The maximum absolute atomic E-state index is 14.0. The minimum absolute atomic E-state index is 0.0530. The maximum Gasteiger partial charge on any atom is 0.255 e. The van der Waals surface area contributed by atoms with Crippen LogP contribution >= 0.6 is 0 Å². The number of carbonyl (C=O) groups is 1. The van der Waals surface area contributed by atoms with Gasteiger partial charge in [-0.15, -0.1) is 0 Å². The van der Waals surface area contributed by atoms with E-state index in [9.17, 15) is 9.18 Å². The third-order valence-electron chi connectivity index (χ3n) is 9.07. The summed E-state index contributed by atoms with van der Waals surface area (Å²) in [5.41, 5.74) is 5.35. The summed E-state index contributed by atoms with van der Waals surface area (Å²) in [5.74, 6) is 3.09. The number of hydrazone groups is 1. The molecule has 1 saturated carbocycles. The van der Waals surface area contributed by atoms with Crippen LogP contribution < -0.4 is 10.7 Å². The number of fused-ring (bicyclic) bond motifs is 1. The number of nitrogens with one attached hydrogen (secondary N) is 2. The van der Waals surface area contributed by atoms with Crippen LogP contribution in [0.25, 0.3) is 5.82 Å². The lowest BCUT2D eigenvalue weighted by Crippen LogP contribution is -2.60. The molecule has 2 saturated heterocycles. The highest BCUT2D eigenvalue weighted by Crippen LogP contribution is 2.44. The summed E-state index contributed by atoms with van der Waals surface area (Å²) in [5, 5.41) is 11.7. The van der Waals surface area contributed by atoms with Crippen molar-refractivity contribution in [1.29, 1.82) is 0 Å². The van der Waals surface area contributed by atoms with E-state index in [4.69, 9.17) is 14.7 Å². The molecule has 1 amide bonds. The van der Waals surface area contributed by atoms with Crippen molar-refractivity contribution < 1.29 is 13.9 Å². The van der Waals surface area contributed by atoms with E-state index in [2.05, 4.69) is 44.9 Å². The van der Waals surface area contributed by atoms with Crippen LogP contribution in [0, 0.1) is 12.7 Å². The van der Waals surface area contributed by atoms with Crippen molar-refractivity contribution >= 4 is 23.3 Å². The molecule has 0 radical (unpaired) electrons. The Morgan fingerprint density at radius 1 is 1.21 bits per heavy atom. The summed E-state index contributed by atoms with van der Waals surface area (Å²) in [6.07, 6.45) is 12.3. The third-order valence-corrected chi connectivity index (χ3v) is 9.07. The number of halogens is 1. The van der Waals surface area contributed by atoms with Crippen LogP contribution in [0.2, 0.25) is 0 Å². The Balaban J connectivity index is 1.02. The summed E-state index contributed by atoms with van der Waals surface area (Å²) in [4.78, 5) is 27.8. The van der Waals surface area contributed by atoms with Crippen LogP contribution in [-0.2, 0) is 9.53 Å². The predicted molar refractivity (Wildman–Crippen MR) is 155 cm³/mol. The van der Waals surface area contributed by atoms with E-state index in [0.717, 1.165) is 60.5 Å². The van der Waals surface area contributed by atoms with Gasteiger partial charge in [0.25, 0.3) is 5.91 Å². The number of morpholine rings is 1. The number of amides is 1. The highest BCUT2D eigenvalue weighted by Gasteiger charge is 2.51. The molecule has 0 bridgehead atoms. The van der Waals surface area contributed by atoms with E-state index >= 15 is 0 Å². The molecular formula is C30H36FN9O2. The zero-order valence-electron chi connectivity index (χ0n) is 24.2. The molecule has 220 valence electrons. The molecule has 42 heavy (non-hydrogen) atoms. The first-order valence-electron chi connectivity index (χ1n) is 14.8. The minimum Gasteiger partial charge on any atom is -0.363 e. The first kappa shape index (κ1) is 26.8. The molecule has 0 aromatic carbocycles. The molecule has 12 heteroatoms. The number of aryl methyl sites for hydroxylation is 1. The predicted octanol–water partition coefficient (Wildman–Crippen LogP) is 3.51. The average Bonchev–Trinajstić information content (AvgIpc) is 3.68. The van der Waals surface area contributed by atoms with Gasteiger partial charge in [0.15, 0.2) is 5.82 Å². The molecule has 11 nitrogen and oxygen atoms in total. The third kappa shape index (κ3) is 4.87. The largest absolute Gasteiger partial charge is 0.363 e. The average molecular weight is 574 g/mol. The second-order valence-corrected chi connectivity index (χ2v) is 11.9. The quantitative estimate of drug-likeness (QED) is 0.505. The minimum atomic E-state index is -0.799. The van der Waals surface area contributed by atoms with E-state index in [-0.39, 0.29) is 29.7 Å². The van der Waals surface area contributed by atoms with Gasteiger partial charge in [-0.3, -0.25) is 10.2 Å². The number of nitrogens with zero attached hydrogens (tertiary/aromatic N) is 7. The van der Waals surface area contributed by atoms with Gasteiger partial charge in [-0.05, 0) is 64.2 Å². The Labute approximate surface area is 244 Å². The number of allylic oxidation sites excluding steroid dienone is 3. The molecule has 5 aliphatic rings. The number of aromatic nitrogens is 4. The van der Waals surface area contributed by atoms with Crippen LogP contribution in [0.5, 0.6) is 0 Å². The molecule has 1 spiro atoms. The Morgan fingerprint density at radius 2 is 2.05 bits per heavy atom. The molecule has 1 aliphatic carbocycles. The van der Waals surface area contributed by atoms with Gasteiger partial charge in [0, 0.05) is 42.9 Å². The number of ether oxygens (including phenoxy) is 1. The summed E-state index contributed by atoms with van der Waals surface area (Å²) in [7, 11) is 0. The van der Waals surface area contributed by atoms with Crippen molar-refractivity contribution in [2.45, 2.75) is 76.5 Å². The fourth-order valence-corrected chi connectivity index (χ4v) is 6.67. The first-order chi connectivity index (χ1) is 20.3. The monoisotopic (exact) mass is 573 g/mol. The molecule has 6 heterocycles. The Bertz CT molecular complexity index is 1530. The Kier molecular flexibility index (Phi) is 6.60. The fraction of sp³-hybridized carbons (Fsp3) is 0.500. The van der Waals surface area contributed by atoms with Crippen molar-refractivity contribution in [1.82, 2.24) is 35.0 Å². The molecule has 7 rings (SSSR count). The van der Waals surface area contributed by atoms with Gasteiger partial charge in [-0.2, -0.15) is 10.2 Å². The van der Waals surface area contributed by atoms with Gasteiger partial charge in [0.05, 0.1) is 31.1 Å². The Hall–Kier alpha value is -4.06. The molecule has 2 N–H and O–H groups in total. The van der Waals surface area contributed by atoms with Gasteiger partial charge in [-0.1, -0.05) is 6.08 Å². The van der Waals surface area contributed by atoms with Crippen molar-refractivity contribution in [2.24, 2.45) is 5.10 Å². The maximum atomic E-state index is 14.0. The number of hydrogen-bond donors (Lipinski definition) is 2. The smallest absolute Gasteiger partial charge is 0.255 e. The van der Waals surface area contributed by atoms with E-state index in [1.165, 1.54) is 18.0 Å². The SMILES string of the molecule is CC1=NNC(Nc2cc(C)nc(C3CCC4(CC3)OCCN(C(C)C3=CC=C(n5cc(F)cn5)N5CC35)C4=O)n2)=CC1. The highest BCUT2D eigenvalue weighted by molar-refractivity contribution is 5.87. The van der Waals surface area contributed by atoms with Gasteiger partial charge in [0.1, 0.15) is 28.9 Å². The lowest BCUT2D eigenvalue weighted by atomic mass is 9.76. The zero-order chi connectivity index (χ0) is 29.0. The van der Waals surface area contributed by atoms with E-state index in [0.29, 0.717) is 26.0 Å². The molecule has 4 aliphatic heterocycles. The summed E-state index contributed by atoms with van der Waals surface area (Å²) in [6.45, 7) is 8.00. The van der Waals surface area contributed by atoms with Crippen molar-refractivity contribution in [3.05, 3.63) is 65.4 Å². The van der Waals surface area contributed by atoms with E-state index < -0.39 is 5.60 Å². The lowest BCUT2D eigenvalue weighted by molar-refractivity contribution is -0.180. The molecular weight excluding hydrogens is 537 g/mol. The molecule has 2 atom stereocenters. The van der Waals surface area contributed by atoms with E-state index in [1.54, 1.807) is 4.68 Å². The van der Waals surface area contributed by atoms with Crippen molar-refractivity contribution in [3.63, 3.8) is 0 Å². The van der Waals surface area contributed by atoms with E-state index in [1.807, 2.05) is 30.9 Å². The highest BCUT2D eigenvalue weighted by atomic mass is 19.1. The summed E-state index contributed by atoms with van der Waals surface area (Å²) < 4.78 is 21.4. The van der Waals surface area contributed by atoms with Crippen LogP contribution in [-0.4, -0.2) is 78.5 Å². The summed E-state index contributed by atoms with van der Waals surface area (Å²) >= 11 is 0. The Morgan fingerprint density at radius 3 is 2.79 bits per heavy atom. The zero-order valence-corrected chi connectivity index (χ0v) is 24.2. The molecule has 3 fully saturated rings. The van der Waals surface area contributed by atoms with Crippen molar-refractivity contribution in [3.8, 4) is 0 Å². The second-order valence-electron chi connectivity index (χ2n) is 11.9. The topological polar surface area (TPSA) is 113 Å². The first-order valence-corrected chi connectivity index (χ1v) is 14.8. The molecule has 2 unspecified atom stereocenters. The van der Waals surface area contributed by atoms with Gasteiger partial charge in [-0.25, -0.2) is 19.0 Å². The van der Waals surface area contributed by atoms with Gasteiger partial charge < -0.3 is 19.9 Å². The van der Waals surface area contributed by atoms with Crippen LogP contribution in [0.15, 0.2) is 53.2 Å². The van der Waals surface area contributed by atoms with Crippen LogP contribution in [0.4, 0.5) is 10.2 Å². The number of rotatable bonds is 6. The van der Waals surface area contributed by atoms with Gasteiger partial charge in [0.2, 0.25) is 0 Å². The normalized spacial score (nSPS) is 27.9. The fourth-order valence-electron chi connectivity index (χ4n) is 6.67.